The first-order chi connectivity index (χ1) is 12.4. The van der Waals surface area contributed by atoms with E-state index in [-0.39, 0.29) is 11.3 Å². The van der Waals surface area contributed by atoms with Gasteiger partial charge in [-0.2, -0.15) is 0 Å². The topological polar surface area (TPSA) is 56.7 Å². The Morgan fingerprint density at radius 1 is 1.27 bits per heavy atom. The number of benzene rings is 1. The van der Waals surface area contributed by atoms with Crippen molar-refractivity contribution in [2.75, 3.05) is 27.7 Å². The largest absolute Gasteiger partial charge is 0.355 e. The van der Waals surface area contributed by atoms with Crippen LogP contribution in [0.1, 0.15) is 43.6 Å². The molecular formula is C20H29BrN4O. The van der Waals surface area contributed by atoms with Crippen LogP contribution in [-0.4, -0.2) is 50.5 Å². The molecule has 2 saturated carbocycles. The Hall–Kier alpha value is -1.56. The summed E-state index contributed by atoms with van der Waals surface area (Å²) in [5, 5.41) is 6.94. The summed E-state index contributed by atoms with van der Waals surface area (Å²) in [6.07, 6.45) is 5.28. The van der Waals surface area contributed by atoms with Crippen molar-refractivity contribution >= 4 is 27.8 Å². The lowest BCUT2D eigenvalue weighted by Gasteiger charge is -2.31. The zero-order chi connectivity index (χ0) is 18.7. The van der Waals surface area contributed by atoms with Crippen molar-refractivity contribution in [2.45, 2.75) is 44.1 Å². The van der Waals surface area contributed by atoms with E-state index in [0.717, 1.165) is 42.5 Å². The molecule has 3 rings (SSSR count). The SMILES string of the molecule is CN=C(NCC1(C(=O)N(C)C)CCCC1)NC1CC1c1ccc(Br)cc1. The third kappa shape index (κ3) is 4.22. The molecule has 0 heterocycles. The average molecular weight is 421 g/mol. The first-order valence-corrected chi connectivity index (χ1v) is 10.2. The van der Waals surface area contributed by atoms with Crippen LogP contribution in [0.3, 0.4) is 0 Å². The van der Waals surface area contributed by atoms with E-state index in [2.05, 4.69) is 55.8 Å². The summed E-state index contributed by atoms with van der Waals surface area (Å²) in [5.41, 5.74) is 1.08. The van der Waals surface area contributed by atoms with Crippen LogP contribution < -0.4 is 10.6 Å². The number of carbonyl (C=O) groups excluding carboxylic acids is 1. The predicted octanol–water partition coefficient (Wildman–Crippen LogP) is 3.12. The van der Waals surface area contributed by atoms with Gasteiger partial charge in [-0.3, -0.25) is 9.79 Å². The van der Waals surface area contributed by atoms with Crippen LogP contribution in [0.15, 0.2) is 33.7 Å². The Kier molecular flexibility index (Phi) is 5.90. The number of nitrogens with one attached hydrogen (secondary N) is 2. The smallest absolute Gasteiger partial charge is 0.230 e. The van der Waals surface area contributed by atoms with E-state index in [4.69, 9.17) is 0 Å². The quantitative estimate of drug-likeness (QED) is 0.568. The number of hydrogen-bond donors (Lipinski definition) is 2. The van der Waals surface area contributed by atoms with Gasteiger partial charge in [0.05, 0.1) is 5.41 Å². The van der Waals surface area contributed by atoms with Crippen molar-refractivity contribution in [2.24, 2.45) is 10.4 Å². The Morgan fingerprint density at radius 2 is 1.92 bits per heavy atom. The highest BCUT2D eigenvalue weighted by atomic mass is 79.9. The second-order valence-electron chi connectivity index (χ2n) is 7.76. The summed E-state index contributed by atoms with van der Waals surface area (Å²) in [4.78, 5) is 18.8. The summed E-state index contributed by atoms with van der Waals surface area (Å²) in [5.74, 6) is 1.56. The highest BCUT2D eigenvalue weighted by Gasteiger charge is 2.43. The lowest BCUT2D eigenvalue weighted by molar-refractivity contribution is -0.138. The molecule has 0 radical (unpaired) electrons. The Balaban J connectivity index is 1.55. The maximum Gasteiger partial charge on any atom is 0.230 e. The molecule has 0 saturated heterocycles. The molecule has 1 amide bonds. The summed E-state index contributed by atoms with van der Waals surface area (Å²) in [6.45, 7) is 0.652. The molecule has 1 aromatic rings. The van der Waals surface area contributed by atoms with Gasteiger partial charge in [-0.05, 0) is 37.0 Å². The fraction of sp³-hybridized carbons (Fsp3) is 0.600. The molecule has 0 aliphatic heterocycles. The summed E-state index contributed by atoms with van der Waals surface area (Å²) in [6, 6.07) is 8.95. The number of amides is 1. The molecule has 2 N–H and O–H groups in total. The molecule has 6 heteroatoms. The van der Waals surface area contributed by atoms with Gasteiger partial charge in [0.15, 0.2) is 5.96 Å². The molecule has 0 bridgehead atoms. The maximum atomic E-state index is 12.7. The van der Waals surface area contributed by atoms with E-state index in [0.29, 0.717) is 18.5 Å². The van der Waals surface area contributed by atoms with Crippen LogP contribution in [0.2, 0.25) is 0 Å². The lowest BCUT2D eigenvalue weighted by Crippen LogP contribution is -2.49. The van der Waals surface area contributed by atoms with E-state index in [1.807, 2.05) is 14.1 Å². The molecule has 5 nitrogen and oxygen atoms in total. The number of rotatable bonds is 5. The second-order valence-corrected chi connectivity index (χ2v) is 8.67. The van der Waals surface area contributed by atoms with Crippen LogP contribution in [-0.2, 0) is 4.79 Å². The van der Waals surface area contributed by atoms with Crippen molar-refractivity contribution in [3.8, 4) is 0 Å². The highest BCUT2D eigenvalue weighted by molar-refractivity contribution is 9.10. The molecule has 2 aliphatic carbocycles. The van der Waals surface area contributed by atoms with Gasteiger partial charge >= 0.3 is 0 Å². The van der Waals surface area contributed by atoms with Crippen LogP contribution in [0.5, 0.6) is 0 Å². The maximum absolute atomic E-state index is 12.7. The molecule has 2 aliphatic rings. The fourth-order valence-corrected chi connectivity index (χ4v) is 4.31. The van der Waals surface area contributed by atoms with Gasteiger partial charge in [-0.25, -0.2) is 0 Å². The third-order valence-electron chi connectivity index (χ3n) is 5.65. The van der Waals surface area contributed by atoms with Crippen LogP contribution >= 0.6 is 15.9 Å². The lowest BCUT2D eigenvalue weighted by atomic mass is 9.84. The number of carbonyl (C=O) groups is 1. The normalized spacial score (nSPS) is 24.2. The van der Waals surface area contributed by atoms with E-state index in [1.165, 1.54) is 5.56 Å². The highest BCUT2D eigenvalue weighted by Crippen LogP contribution is 2.41. The third-order valence-corrected chi connectivity index (χ3v) is 6.18. The number of guanidine groups is 1. The van der Waals surface area contributed by atoms with Crippen LogP contribution in [0.4, 0.5) is 0 Å². The van der Waals surface area contributed by atoms with E-state index >= 15 is 0 Å². The number of hydrogen-bond acceptors (Lipinski definition) is 2. The Labute approximate surface area is 164 Å². The molecule has 2 unspecified atom stereocenters. The summed E-state index contributed by atoms with van der Waals surface area (Å²) >= 11 is 3.49. The first-order valence-electron chi connectivity index (χ1n) is 9.39. The summed E-state index contributed by atoms with van der Waals surface area (Å²) < 4.78 is 1.11. The Bertz CT molecular complexity index is 665. The van der Waals surface area contributed by atoms with Gasteiger partial charge in [0.25, 0.3) is 0 Å². The van der Waals surface area contributed by atoms with Crippen molar-refractivity contribution < 1.29 is 4.79 Å². The van der Waals surface area contributed by atoms with Gasteiger partial charge < -0.3 is 15.5 Å². The van der Waals surface area contributed by atoms with Gasteiger partial charge in [0, 0.05) is 44.1 Å². The van der Waals surface area contributed by atoms with Crippen LogP contribution in [0, 0.1) is 5.41 Å². The zero-order valence-electron chi connectivity index (χ0n) is 15.9. The molecule has 2 fully saturated rings. The van der Waals surface area contributed by atoms with Gasteiger partial charge in [0.1, 0.15) is 0 Å². The Morgan fingerprint density at radius 3 is 2.50 bits per heavy atom. The number of aliphatic imine (C=N–C) groups is 1. The van der Waals surface area contributed by atoms with Crippen molar-refractivity contribution in [1.29, 1.82) is 0 Å². The number of halogens is 1. The zero-order valence-corrected chi connectivity index (χ0v) is 17.5. The van der Waals surface area contributed by atoms with Gasteiger partial charge in [-0.1, -0.05) is 40.9 Å². The molecule has 26 heavy (non-hydrogen) atoms. The first kappa shape index (κ1) is 19.2. The molecule has 2 atom stereocenters. The molecular weight excluding hydrogens is 392 g/mol. The van der Waals surface area contributed by atoms with Gasteiger partial charge in [-0.15, -0.1) is 0 Å². The standard InChI is InChI=1S/C20H29BrN4O/c1-22-19(23-13-20(10-4-5-11-20)18(26)25(2)3)24-17-12-16(17)14-6-8-15(21)9-7-14/h6-9,16-17H,4-5,10-13H2,1-3H3,(H2,22,23,24). The monoisotopic (exact) mass is 420 g/mol. The molecule has 142 valence electrons. The average Bonchev–Trinajstić information content (AvgIpc) is 3.23. The van der Waals surface area contributed by atoms with E-state index in [9.17, 15) is 4.79 Å². The molecule has 0 aromatic heterocycles. The minimum absolute atomic E-state index is 0.233. The van der Waals surface area contributed by atoms with Crippen LogP contribution in [0.25, 0.3) is 0 Å². The second kappa shape index (κ2) is 7.99. The van der Waals surface area contributed by atoms with Crippen molar-refractivity contribution in [3.63, 3.8) is 0 Å². The number of nitrogens with zero attached hydrogens (tertiary/aromatic N) is 2. The van der Waals surface area contributed by atoms with Crippen molar-refractivity contribution in [1.82, 2.24) is 15.5 Å². The van der Waals surface area contributed by atoms with E-state index < -0.39 is 0 Å². The van der Waals surface area contributed by atoms with E-state index in [1.54, 1.807) is 11.9 Å². The minimum Gasteiger partial charge on any atom is -0.355 e. The fourth-order valence-electron chi connectivity index (χ4n) is 4.05. The van der Waals surface area contributed by atoms with Gasteiger partial charge in [0.2, 0.25) is 5.91 Å². The van der Waals surface area contributed by atoms with Crippen molar-refractivity contribution in [3.05, 3.63) is 34.3 Å². The predicted molar refractivity (Wildman–Crippen MR) is 109 cm³/mol. The minimum atomic E-state index is -0.282. The summed E-state index contributed by atoms with van der Waals surface area (Å²) in [7, 11) is 5.49. The molecule has 1 aromatic carbocycles. The molecule has 0 spiro atoms.